The number of aliphatic carboxylic acids is 1. The van der Waals surface area contributed by atoms with Gasteiger partial charge in [-0.05, 0) is 39.2 Å². The summed E-state index contributed by atoms with van der Waals surface area (Å²) >= 11 is 0. The number of rotatable bonds is 7. The average molecular weight is 406 g/mol. The second-order valence-electron chi connectivity index (χ2n) is 8.15. The molecule has 160 valence electrons. The highest BCUT2D eigenvalue weighted by Gasteiger charge is 2.30. The van der Waals surface area contributed by atoms with Crippen LogP contribution in [0.3, 0.4) is 0 Å². The number of carboxylic acids is 1. The van der Waals surface area contributed by atoms with E-state index < -0.39 is 23.6 Å². The maximum atomic E-state index is 12.1. The number of hydrogen-bond acceptors (Lipinski definition) is 6. The first-order valence-electron chi connectivity index (χ1n) is 9.80. The van der Waals surface area contributed by atoms with Gasteiger partial charge in [0.25, 0.3) is 0 Å². The predicted octanol–water partition coefficient (Wildman–Crippen LogP) is 2.56. The van der Waals surface area contributed by atoms with Crippen LogP contribution in [0.4, 0.5) is 4.79 Å². The minimum Gasteiger partial charge on any atom is -0.480 e. The summed E-state index contributed by atoms with van der Waals surface area (Å²) in [6.07, 6.45) is 0.550. The first kappa shape index (κ1) is 22.7. The summed E-state index contributed by atoms with van der Waals surface area (Å²) in [6.45, 7) is 6.49. The van der Waals surface area contributed by atoms with Crippen LogP contribution in [0.5, 0.6) is 0 Å². The third kappa shape index (κ3) is 8.11. The molecule has 8 heteroatoms. The number of ether oxygens (including phenoxy) is 2. The monoisotopic (exact) mass is 406 g/mol. The summed E-state index contributed by atoms with van der Waals surface area (Å²) in [6, 6.07) is 8.08. The molecule has 2 N–H and O–H groups in total. The van der Waals surface area contributed by atoms with Gasteiger partial charge in [0.1, 0.15) is 18.2 Å². The first-order chi connectivity index (χ1) is 13.6. The molecule has 1 aliphatic rings. The summed E-state index contributed by atoms with van der Waals surface area (Å²) in [7, 11) is 0. The molecule has 1 aromatic carbocycles. The van der Waals surface area contributed by atoms with Crippen LogP contribution in [0.1, 0.15) is 45.6 Å². The maximum Gasteiger partial charge on any atom is 0.410 e. The van der Waals surface area contributed by atoms with Crippen molar-refractivity contribution < 1.29 is 29.0 Å². The van der Waals surface area contributed by atoms with Gasteiger partial charge in [-0.25, -0.2) is 4.79 Å². The van der Waals surface area contributed by atoms with Crippen molar-refractivity contribution in [2.75, 3.05) is 13.1 Å². The molecule has 0 aliphatic carbocycles. The Balaban J connectivity index is 1.78. The topological polar surface area (TPSA) is 105 Å². The van der Waals surface area contributed by atoms with Crippen molar-refractivity contribution in [3.8, 4) is 0 Å². The van der Waals surface area contributed by atoms with Gasteiger partial charge < -0.3 is 24.8 Å². The van der Waals surface area contributed by atoms with E-state index in [9.17, 15) is 19.5 Å². The van der Waals surface area contributed by atoms with E-state index in [2.05, 4.69) is 5.32 Å². The number of carboxylic acid groups (broad SMARTS) is 1. The molecule has 2 rings (SSSR count). The lowest BCUT2D eigenvalue weighted by molar-refractivity contribution is -0.150. The number of esters is 1. The Hall–Kier alpha value is -2.61. The van der Waals surface area contributed by atoms with Gasteiger partial charge in [0.15, 0.2) is 0 Å². The zero-order chi connectivity index (χ0) is 21.4. The largest absolute Gasteiger partial charge is 0.480 e. The number of likely N-dealkylation sites (tertiary alicyclic amines) is 1. The van der Waals surface area contributed by atoms with Gasteiger partial charge in [0.05, 0.1) is 6.42 Å². The molecular formula is C21H30N2O6. The van der Waals surface area contributed by atoms with Crippen molar-refractivity contribution in [2.24, 2.45) is 0 Å². The Morgan fingerprint density at radius 3 is 2.34 bits per heavy atom. The number of nitrogens with one attached hydrogen (secondary N) is 1. The fourth-order valence-corrected chi connectivity index (χ4v) is 3.02. The SMILES string of the molecule is CC(C)(C)OC(=O)N1CCC(NC(CC(=O)OCc2ccccc2)C(=O)O)CC1. The quantitative estimate of drug-likeness (QED) is 0.671. The highest BCUT2D eigenvalue weighted by Crippen LogP contribution is 2.16. The third-order valence-electron chi connectivity index (χ3n) is 4.50. The Bertz CT molecular complexity index is 693. The average Bonchev–Trinajstić information content (AvgIpc) is 2.66. The summed E-state index contributed by atoms with van der Waals surface area (Å²) in [4.78, 5) is 37.3. The van der Waals surface area contributed by atoms with E-state index in [1.54, 1.807) is 4.90 Å². The molecule has 8 nitrogen and oxygen atoms in total. The minimum absolute atomic E-state index is 0.100. The Morgan fingerprint density at radius 2 is 1.79 bits per heavy atom. The highest BCUT2D eigenvalue weighted by molar-refractivity contribution is 5.81. The fourth-order valence-electron chi connectivity index (χ4n) is 3.02. The van der Waals surface area contributed by atoms with Crippen LogP contribution in [0.15, 0.2) is 30.3 Å². The second kappa shape index (κ2) is 10.2. The van der Waals surface area contributed by atoms with Crippen LogP contribution >= 0.6 is 0 Å². The molecule has 1 unspecified atom stereocenters. The zero-order valence-electron chi connectivity index (χ0n) is 17.2. The van der Waals surface area contributed by atoms with Gasteiger partial charge in [-0.1, -0.05) is 30.3 Å². The van der Waals surface area contributed by atoms with Gasteiger partial charge >= 0.3 is 18.0 Å². The van der Waals surface area contributed by atoms with Crippen molar-refractivity contribution in [3.05, 3.63) is 35.9 Å². The maximum absolute atomic E-state index is 12.1. The molecule has 1 amide bonds. The van der Waals surface area contributed by atoms with Gasteiger partial charge in [-0.3, -0.25) is 9.59 Å². The van der Waals surface area contributed by atoms with Crippen LogP contribution in [0.2, 0.25) is 0 Å². The molecule has 0 spiro atoms. The van der Waals surface area contributed by atoms with Gasteiger partial charge in [-0.2, -0.15) is 0 Å². The molecule has 0 bridgehead atoms. The number of carbonyl (C=O) groups excluding carboxylic acids is 2. The number of benzene rings is 1. The van der Waals surface area contributed by atoms with Crippen molar-refractivity contribution in [1.29, 1.82) is 0 Å². The molecule has 29 heavy (non-hydrogen) atoms. The Morgan fingerprint density at radius 1 is 1.17 bits per heavy atom. The third-order valence-corrected chi connectivity index (χ3v) is 4.50. The van der Waals surface area contributed by atoms with Gasteiger partial charge in [0.2, 0.25) is 0 Å². The molecule has 1 atom stereocenters. The lowest BCUT2D eigenvalue weighted by Crippen LogP contribution is -2.51. The molecule has 1 aromatic rings. The van der Waals surface area contributed by atoms with Crippen LogP contribution in [-0.2, 0) is 25.7 Å². The zero-order valence-corrected chi connectivity index (χ0v) is 17.2. The molecule has 0 aromatic heterocycles. The number of carbonyl (C=O) groups is 3. The van der Waals surface area contributed by atoms with Crippen molar-refractivity contribution >= 4 is 18.0 Å². The summed E-state index contributed by atoms with van der Waals surface area (Å²) < 4.78 is 10.5. The van der Waals surface area contributed by atoms with Gasteiger partial charge in [0, 0.05) is 19.1 Å². The molecule has 0 saturated carbocycles. The Labute approximate surface area is 171 Å². The number of piperidine rings is 1. The summed E-state index contributed by atoms with van der Waals surface area (Å²) in [5.74, 6) is -1.67. The van der Waals surface area contributed by atoms with Crippen LogP contribution in [0, 0.1) is 0 Å². The Kier molecular flexibility index (Phi) is 8.01. The molecule has 1 fully saturated rings. The van der Waals surface area contributed by atoms with E-state index in [1.807, 2.05) is 51.1 Å². The molecule has 1 heterocycles. The van der Waals surface area contributed by atoms with Crippen molar-refractivity contribution in [1.82, 2.24) is 10.2 Å². The van der Waals surface area contributed by atoms with E-state index >= 15 is 0 Å². The van der Waals surface area contributed by atoms with Crippen LogP contribution in [-0.4, -0.2) is 58.8 Å². The summed E-state index contributed by atoms with van der Waals surface area (Å²) in [5.41, 5.74) is 0.288. The van der Waals surface area contributed by atoms with E-state index in [4.69, 9.17) is 9.47 Å². The van der Waals surface area contributed by atoms with Crippen LogP contribution < -0.4 is 5.32 Å². The van der Waals surface area contributed by atoms with E-state index in [0.29, 0.717) is 25.9 Å². The normalized spacial score (nSPS) is 16.2. The second-order valence-corrected chi connectivity index (χ2v) is 8.15. The lowest BCUT2D eigenvalue weighted by atomic mass is 10.0. The van der Waals surface area contributed by atoms with Crippen molar-refractivity contribution in [3.63, 3.8) is 0 Å². The molecule has 0 radical (unpaired) electrons. The standard InChI is InChI=1S/C21H30N2O6/c1-21(2,3)29-20(27)23-11-9-16(10-12-23)22-17(19(25)26)13-18(24)28-14-15-7-5-4-6-8-15/h4-8,16-17,22H,9-14H2,1-3H3,(H,25,26). The highest BCUT2D eigenvalue weighted by atomic mass is 16.6. The minimum atomic E-state index is -1.10. The number of hydrogen-bond donors (Lipinski definition) is 2. The molecular weight excluding hydrogens is 376 g/mol. The van der Waals surface area contributed by atoms with Crippen LogP contribution in [0.25, 0.3) is 0 Å². The van der Waals surface area contributed by atoms with Gasteiger partial charge in [-0.15, -0.1) is 0 Å². The van der Waals surface area contributed by atoms with E-state index in [0.717, 1.165) is 5.56 Å². The smallest absolute Gasteiger partial charge is 0.410 e. The van der Waals surface area contributed by atoms with E-state index in [1.165, 1.54) is 0 Å². The molecule has 1 aliphatic heterocycles. The number of amides is 1. The first-order valence-corrected chi connectivity index (χ1v) is 9.80. The fraction of sp³-hybridized carbons (Fsp3) is 0.571. The van der Waals surface area contributed by atoms with Crippen molar-refractivity contribution in [2.45, 2.75) is 64.3 Å². The van der Waals surface area contributed by atoms with E-state index in [-0.39, 0.29) is 25.2 Å². The molecule has 1 saturated heterocycles. The lowest BCUT2D eigenvalue weighted by Gasteiger charge is -2.34. The number of nitrogens with zero attached hydrogens (tertiary/aromatic N) is 1. The summed E-state index contributed by atoms with van der Waals surface area (Å²) in [5, 5.41) is 12.5. The predicted molar refractivity (Wildman–Crippen MR) is 106 cm³/mol.